The maximum atomic E-state index is 11.3. The average Bonchev–Trinajstić information content (AvgIpc) is 2.97. The summed E-state index contributed by atoms with van der Waals surface area (Å²) >= 11 is 0. The van der Waals surface area contributed by atoms with Crippen LogP contribution in [0.2, 0.25) is 0 Å². The Morgan fingerprint density at radius 1 is 1.17 bits per heavy atom. The van der Waals surface area contributed by atoms with E-state index in [-0.39, 0.29) is 11.4 Å². The van der Waals surface area contributed by atoms with Crippen molar-refractivity contribution in [1.29, 1.82) is 0 Å². The van der Waals surface area contributed by atoms with Gasteiger partial charge in [-0.1, -0.05) is 0 Å². The van der Waals surface area contributed by atoms with Crippen LogP contribution in [0.1, 0.15) is 34.5 Å². The first-order chi connectivity index (χ1) is 11.6. The van der Waals surface area contributed by atoms with Crippen molar-refractivity contribution < 1.29 is 24.5 Å². The lowest BCUT2D eigenvalue weighted by atomic mass is 9.90. The lowest BCUT2D eigenvalue weighted by molar-refractivity contribution is 0.0689. The number of ether oxygens (including phenoxy) is 2. The van der Waals surface area contributed by atoms with Crippen molar-refractivity contribution in [3.63, 3.8) is 0 Å². The largest absolute Gasteiger partial charge is 0.504 e. The van der Waals surface area contributed by atoms with E-state index in [4.69, 9.17) is 9.47 Å². The maximum Gasteiger partial charge on any atom is 0.356 e. The molecule has 126 valence electrons. The number of aromatic hydroxyl groups is 1. The number of nitrogens with zero attached hydrogens (tertiary/aromatic N) is 2. The molecular weight excluding hydrogens is 312 g/mol. The lowest BCUT2D eigenvalue weighted by Crippen LogP contribution is -2.16. The number of hydrogen-bond donors (Lipinski definition) is 2. The van der Waals surface area contributed by atoms with Gasteiger partial charge in [0, 0.05) is 23.7 Å². The Kier molecular flexibility index (Phi) is 3.37. The number of rotatable bonds is 2. The Labute approximate surface area is 138 Å². The second kappa shape index (κ2) is 5.43. The fraction of sp³-hybridized carbons (Fsp3) is 0.412. The molecule has 0 fully saturated rings. The van der Waals surface area contributed by atoms with Gasteiger partial charge in [-0.15, -0.1) is 0 Å². The van der Waals surface area contributed by atoms with Crippen molar-refractivity contribution in [3.8, 4) is 28.5 Å². The van der Waals surface area contributed by atoms with Gasteiger partial charge in [-0.2, -0.15) is 5.10 Å². The molecule has 7 nitrogen and oxygen atoms in total. The number of aromatic nitrogens is 2. The topological polar surface area (TPSA) is 93.8 Å². The maximum absolute atomic E-state index is 11.3. The van der Waals surface area contributed by atoms with Gasteiger partial charge in [-0.25, -0.2) is 4.79 Å². The van der Waals surface area contributed by atoms with Gasteiger partial charge in [0.05, 0.1) is 18.9 Å². The van der Waals surface area contributed by atoms with Crippen LogP contribution in [0.5, 0.6) is 17.2 Å². The van der Waals surface area contributed by atoms with Gasteiger partial charge in [0.25, 0.3) is 0 Å². The number of carboxylic acids is 1. The first kappa shape index (κ1) is 14.9. The SMILES string of the molecule is Cn1nc(C(=O)O)cc1-c1c2c(c(O)c3c1OCCC3)OCCC2. The van der Waals surface area contributed by atoms with Crippen molar-refractivity contribution in [2.24, 2.45) is 7.05 Å². The summed E-state index contributed by atoms with van der Waals surface area (Å²) in [6, 6.07) is 1.54. The highest BCUT2D eigenvalue weighted by Crippen LogP contribution is 2.51. The molecule has 2 aromatic rings. The van der Waals surface area contributed by atoms with E-state index in [0.717, 1.165) is 36.0 Å². The number of aromatic carboxylic acids is 1. The van der Waals surface area contributed by atoms with Crippen LogP contribution in [0, 0.1) is 0 Å². The fourth-order valence-electron chi connectivity index (χ4n) is 3.50. The molecule has 1 aromatic carbocycles. The van der Waals surface area contributed by atoms with Crippen molar-refractivity contribution in [1.82, 2.24) is 9.78 Å². The molecule has 0 radical (unpaired) electrons. The van der Waals surface area contributed by atoms with E-state index in [0.29, 0.717) is 36.8 Å². The van der Waals surface area contributed by atoms with Gasteiger partial charge in [-0.05, 0) is 31.7 Å². The highest BCUT2D eigenvalue weighted by atomic mass is 16.5. The number of hydrogen-bond acceptors (Lipinski definition) is 5. The number of carbonyl (C=O) groups is 1. The van der Waals surface area contributed by atoms with Crippen LogP contribution >= 0.6 is 0 Å². The summed E-state index contributed by atoms with van der Waals surface area (Å²) in [7, 11) is 1.71. The third-order valence-corrected chi connectivity index (χ3v) is 4.57. The summed E-state index contributed by atoms with van der Waals surface area (Å²) in [5.74, 6) is 0.209. The molecule has 0 saturated carbocycles. The van der Waals surface area contributed by atoms with E-state index in [1.54, 1.807) is 17.8 Å². The van der Waals surface area contributed by atoms with Gasteiger partial charge in [0.1, 0.15) is 5.75 Å². The normalized spacial score (nSPS) is 15.9. The molecule has 24 heavy (non-hydrogen) atoms. The molecule has 0 saturated heterocycles. The number of carboxylic acid groups (broad SMARTS) is 1. The quantitative estimate of drug-likeness (QED) is 0.876. The second-order valence-electron chi connectivity index (χ2n) is 6.09. The minimum Gasteiger partial charge on any atom is -0.504 e. The summed E-state index contributed by atoms with van der Waals surface area (Å²) in [5, 5.41) is 23.9. The van der Waals surface area contributed by atoms with Crippen molar-refractivity contribution in [2.75, 3.05) is 13.2 Å². The molecule has 4 rings (SSSR count). The van der Waals surface area contributed by atoms with E-state index >= 15 is 0 Å². The summed E-state index contributed by atoms with van der Waals surface area (Å²) in [6.07, 6.45) is 3.10. The van der Waals surface area contributed by atoms with Crippen LogP contribution in [0.25, 0.3) is 11.3 Å². The molecule has 0 unspecified atom stereocenters. The summed E-state index contributed by atoms with van der Waals surface area (Å²) in [5.41, 5.74) is 3.02. The summed E-state index contributed by atoms with van der Waals surface area (Å²) in [6.45, 7) is 1.13. The van der Waals surface area contributed by atoms with Crippen LogP contribution in [0.4, 0.5) is 0 Å². The molecule has 2 N–H and O–H groups in total. The average molecular weight is 330 g/mol. The third-order valence-electron chi connectivity index (χ3n) is 4.57. The molecule has 0 spiro atoms. The molecule has 1 aromatic heterocycles. The highest BCUT2D eigenvalue weighted by Gasteiger charge is 2.31. The van der Waals surface area contributed by atoms with Crippen LogP contribution in [0.15, 0.2) is 6.07 Å². The highest BCUT2D eigenvalue weighted by molar-refractivity contribution is 5.89. The van der Waals surface area contributed by atoms with Crippen LogP contribution in [0.3, 0.4) is 0 Å². The molecule has 0 amide bonds. The Morgan fingerprint density at radius 2 is 1.83 bits per heavy atom. The monoisotopic (exact) mass is 330 g/mol. The smallest absolute Gasteiger partial charge is 0.356 e. The molecule has 2 aliphatic rings. The molecule has 3 heterocycles. The zero-order valence-electron chi connectivity index (χ0n) is 13.3. The second-order valence-corrected chi connectivity index (χ2v) is 6.09. The van der Waals surface area contributed by atoms with Crippen molar-refractivity contribution in [3.05, 3.63) is 22.9 Å². The van der Waals surface area contributed by atoms with Crippen LogP contribution < -0.4 is 9.47 Å². The molecule has 2 aliphatic heterocycles. The third kappa shape index (κ3) is 2.11. The minimum atomic E-state index is -1.07. The Balaban J connectivity index is 2.02. The number of aryl methyl sites for hydroxylation is 1. The first-order valence-corrected chi connectivity index (χ1v) is 8.02. The first-order valence-electron chi connectivity index (χ1n) is 8.02. The molecule has 0 aliphatic carbocycles. The van der Waals surface area contributed by atoms with E-state index in [1.807, 2.05) is 0 Å². The van der Waals surface area contributed by atoms with E-state index in [2.05, 4.69) is 5.10 Å². The predicted octanol–water partition coefficient (Wildman–Crippen LogP) is 2.14. The number of benzene rings is 1. The van der Waals surface area contributed by atoms with Crippen molar-refractivity contribution in [2.45, 2.75) is 25.7 Å². The summed E-state index contributed by atoms with van der Waals surface area (Å²) < 4.78 is 13.1. The number of fused-ring (bicyclic) bond motifs is 2. The van der Waals surface area contributed by atoms with Gasteiger partial charge < -0.3 is 19.7 Å². The Bertz CT molecular complexity index is 803. The van der Waals surface area contributed by atoms with E-state index < -0.39 is 5.97 Å². The van der Waals surface area contributed by atoms with Gasteiger partial charge >= 0.3 is 5.97 Å². The number of phenolic OH excluding ortho intramolecular Hbond substituents is 1. The zero-order chi connectivity index (χ0) is 16.8. The summed E-state index contributed by atoms with van der Waals surface area (Å²) in [4.78, 5) is 11.3. The minimum absolute atomic E-state index is 0.0180. The molecule has 7 heteroatoms. The molecule has 0 bridgehead atoms. The molecule has 0 atom stereocenters. The standard InChI is InChI=1S/C17H18N2O5/c1-19-12(8-11(18-19)17(21)22)13-9-4-2-7-24-16(9)14(20)10-5-3-6-23-15(10)13/h8,20H,2-7H2,1H3,(H,21,22). The lowest BCUT2D eigenvalue weighted by Gasteiger charge is -2.28. The van der Waals surface area contributed by atoms with Gasteiger partial charge in [0.15, 0.2) is 17.2 Å². The fourth-order valence-corrected chi connectivity index (χ4v) is 3.50. The van der Waals surface area contributed by atoms with Crippen LogP contribution in [-0.4, -0.2) is 39.2 Å². The Morgan fingerprint density at radius 3 is 2.50 bits per heavy atom. The van der Waals surface area contributed by atoms with Gasteiger partial charge in [0.2, 0.25) is 0 Å². The Hall–Kier alpha value is -2.70. The van der Waals surface area contributed by atoms with Gasteiger partial charge in [-0.3, -0.25) is 4.68 Å². The van der Waals surface area contributed by atoms with Crippen LogP contribution in [-0.2, 0) is 19.9 Å². The van der Waals surface area contributed by atoms with Crippen molar-refractivity contribution >= 4 is 5.97 Å². The zero-order valence-corrected chi connectivity index (χ0v) is 13.3. The van der Waals surface area contributed by atoms with E-state index in [9.17, 15) is 15.0 Å². The predicted molar refractivity (Wildman–Crippen MR) is 84.9 cm³/mol. The number of phenols is 1. The molecular formula is C17H18N2O5. The van der Waals surface area contributed by atoms with E-state index in [1.165, 1.54) is 0 Å².